The van der Waals surface area contributed by atoms with Gasteiger partial charge < -0.3 is 19.9 Å². The van der Waals surface area contributed by atoms with Crippen molar-refractivity contribution in [2.75, 3.05) is 40.3 Å². The molecule has 0 amide bonds. The normalized spacial score (nSPS) is 18.6. The number of hydrogen-bond acceptors (Lipinski definition) is 3. The third-order valence-electron chi connectivity index (χ3n) is 4.51. The quantitative estimate of drug-likeness (QED) is 0.604. The summed E-state index contributed by atoms with van der Waals surface area (Å²) in [5.41, 5.74) is 1.00. The number of likely N-dealkylation sites (tertiary alicyclic amines) is 1. The zero-order chi connectivity index (χ0) is 18.2. The molecule has 1 aliphatic heterocycles. The van der Waals surface area contributed by atoms with Gasteiger partial charge in [-0.3, -0.25) is 4.99 Å². The maximum Gasteiger partial charge on any atom is 0.387 e. The molecule has 1 saturated heterocycles. The van der Waals surface area contributed by atoms with E-state index in [9.17, 15) is 8.78 Å². The van der Waals surface area contributed by atoms with Gasteiger partial charge in [0.05, 0.1) is 0 Å². The highest BCUT2D eigenvalue weighted by Crippen LogP contribution is 2.16. The van der Waals surface area contributed by atoms with Gasteiger partial charge in [0.25, 0.3) is 0 Å². The Morgan fingerprint density at radius 2 is 2.12 bits per heavy atom. The van der Waals surface area contributed by atoms with Gasteiger partial charge in [-0.15, -0.1) is 0 Å². The first kappa shape index (κ1) is 19.4. The Labute approximate surface area is 148 Å². The summed E-state index contributed by atoms with van der Waals surface area (Å²) in [6, 6.07) is 6.70. The SMILES string of the molecule is CCN1CCC(CNC(=NC)N(C)Cc2ccc(OC(F)F)cc2)C1. The minimum Gasteiger partial charge on any atom is -0.435 e. The summed E-state index contributed by atoms with van der Waals surface area (Å²) in [6.45, 7) is 4.36. The van der Waals surface area contributed by atoms with Crippen LogP contribution in [0.1, 0.15) is 18.9 Å². The lowest BCUT2D eigenvalue weighted by molar-refractivity contribution is -0.0498. The molecule has 1 fully saturated rings. The maximum absolute atomic E-state index is 12.2. The Balaban J connectivity index is 1.82. The smallest absolute Gasteiger partial charge is 0.387 e. The molecule has 7 heteroatoms. The second-order valence-corrected chi connectivity index (χ2v) is 6.35. The molecule has 0 saturated carbocycles. The molecule has 140 valence electrons. The van der Waals surface area contributed by atoms with Gasteiger partial charge in [0.2, 0.25) is 0 Å². The van der Waals surface area contributed by atoms with Gasteiger partial charge in [0.1, 0.15) is 5.75 Å². The van der Waals surface area contributed by atoms with E-state index in [-0.39, 0.29) is 5.75 Å². The summed E-state index contributed by atoms with van der Waals surface area (Å²) < 4.78 is 28.7. The number of nitrogens with one attached hydrogen (secondary N) is 1. The number of ether oxygens (including phenoxy) is 1. The third-order valence-corrected chi connectivity index (χ3v) is 4.51. The molecular formula is C18H28F2N4O. The number of guanidine groups is 1. The van der Waals surface area contributed by atoms with Crippen molar-refractivity contribution >= 4 is 5.96 Å². The molecule has 1 atom stereocenters. The van der Waals surface area contributed by atoms with Gasteiger partial charge in [-0.2, -0.15) is 8.78 Å². The molecule has 0 spiro atoms. The highest BCUT2D eigenvalue weighted by Gasteiger charge is 2.21. The summed E-state index contributed by atoms with van der Waals surface area (Å²) in [5, 5.41) is 3.44. The summed E-state index contributed by atoms with van der Waals surface area (Å²) in [6.07, 6.45) is 1.22. The van der Waals surface area contributed by atoms with Crippen LogP contribution >= 0.6 is 0 Å². The molecule has 1 aliphatic rings. The second-order valence-electron chi connectivity index (χ2n) is 6.35. The average molecular weight is 354 g/mol. The van der Waals surface area contributed by atoms with Gasteiger partial charge >= 0.3 is 6.61 Å². The van der Waals surface area contributed by atoms with E-state index in [0.717, 1.165) is 31.2 Å². The van der Waals surface area contributed by atoms with Gasteiger partial charge in [0, 0.05) is 33.7 Å². The lowest BCUT2D eigenvalue weighted by atomic mass is 10.1. The summed E-state index contributed by atoms with van der Waals surface area (Å²) in [5.74, 6) is 1.66. The minimum atomic E-state index is -2.80. The summed E-state index contributed by atoms with van der Waals surface area (Å²) >= 11 is 0. The van der Waals surface area contributed by atoms with E-state index in [4.69, 9.17) is 0 Å². The number of benzene rings is 1. The Hall–Kier alpha value is -1.89. The molecule has 25 heavy (non-hydrogen) atoms. The van der Waals surface area contributed by atoms with Crippen molar-refractivity contribution in [3.8, 4) is 5.75 Å². The van der Waals surface area contributed by atoms with E-state index in [2.05, 4.69) is 26.9 Å². The van der Waals surface area contributed by atoms with E-state index >= 15 is 0 Å². The zero-order valence-electron chi connectivity index (χ0n) is 15.2. The first-order valence-corrected chi connectivity index (χ1v) is 8.69. The first-order chi connectivity index (χ1) is 12.0. The Morgan fingerprint density at radius 1 is 1.40 bits per heavy atom. The second kappa shape index (κ2) is 9.56. The molecule has 0 aromatic heterocycles. The van der Waals surface area contributed by atoms with Crippen LogP contribution in [0.3, 0.4) is 0 Å². The molecule has 1 heterocycles. The lowest BCUT2D eigenvalue weighted by Gasteiger charge is -2.23. The fraction of sp³-hybridized carbons (Fsp3) is 0.611. The molecular weight excluding hydrogens is 326 g/mol. The number of rotatable bonds is 7. The highest BCUT2D eigenvalue weighted by molar-refractivity contribution is 5.79. The van der Waals surface area contributed by atoms with Crippen LogP contribution in [0, 0.1) is 5.92 Å². The maximum atomic E-state index is 12.2. The van der Waals surface area contributed by atoms with Crippen LogP contribution in [0.25, 0.3) is 0 Å². The largest absolute Gasteiger partial charge is 0.435 e. The number of hydrogen-bond donors (Lipinski definition) is 1. The fourth-order valence-electron chi connectivity index (χ4n) is 3.11. The number of alkyl halides is 2. The standard InChI is InChI=1S/C18H28F2N4O/c1-4-24-10-9-15(13-24)11-22-18(21-2)23(3)12-14-5-7-16(8-6-14)25-17(19)20/h5-8,15,17H,4,9-13H2,1-3H3,(H,21,22). The Kier molecular flexibility index (Phi) is 7.43. The van der Waals surface area contributed by atoms with Gasteiger partial charge in [-0.25, -0.2) is 0 Å². The Bertz CT molecular complexity index is 551. The average Bonchev–Trinajstić information content (AvgIpc) is 3.05. The van der Waals surface area contributed by atoms with E-state index in [1.165, 1.54) is 13.0 Å². The molecule has 2 rings (SSSR count). The van der Waals surface area contributed by atoms with Crippen LogP contribution in [0.2, 0.25) is 0 Å². The van der Waals surface area contributed by atoms with Gasteiger partial charge in [-0.05, 0) is 43.1 Å². The van der Waals surface area contributed by atoms with Crippen LogP contribution < -0.4 is 10.1 Å². The van der Waals surface area contributed by atoms with Crippen LogP contribution in [0.5, 0.6) is 5.75 Å². The van der Waals surface area contributed by atoms with Gasteiger partial charge in [0.15, 0.2) is 5.96 Å². The fourth-order valence-corrected chi connectivity index (χ4v) is 3.11. The van der Waals surface area contributed by atoms with E-state index in [0.29, 0.717) is 12.5 Å². The van der Waals surface area contributed by atoms with Crippen LogP contribution in [-0.4, -0.2) is 62.6 Å². The molecule has 1 N–H and O–H groups in total. The minimum absolute atomic E-state index is 0.172. The molecule has 1 aromatic carbocycles. The summed E-state index contributed by atoms with van der Waals surface area (Å²) in [4.78, 5) is 8.82. The van der Waals surface area contributed by atoms with Crippen molar-refractivity contribution in [2.24, 2.45) is 10.9 Å². The van der Waals surface area contributed by atoms with E-state index in [1.54, 1.807) is 31.3 Å². The van der Waals surface area contributed by atoms with Crippen molar-refractivity contribution in [1.29, 1.82) is 0 Å². The number of aliphatic imine (C=N–C) groups is 1. The molecule has 5 nitrogen and oxygen atoms in total. The third kappa shape index (κ3) is 6.16. The van der Waals surface area contributed by atoms with E-state index in [1.807, 2.05) is 11.9 Å². The van der Waals surface area contributed by atoms with Crippen molar-refractivity contribution in [2.45, 2.75) is 26.5 Å². The van der Waals surface area contributed by atoms with Crippen LogP contribution in [0.4, 0.5) is 8.78 Å². The van der Waals surface area contributed by atoms with Crippen molar-refractivity contribution < 1.29 is 13.5 Å². The molecule has 0 aliphatic carbocycles. The van der Waals surface area contributed by atoms with Crippen molar-refractivity contribution in [1.82, 2.24) is 15.1 Å². The topological polar surface area (TPSA) is 40.1 Å². The molecule has 0 radical (unpaired) electrons. The highest BCUT2D eigenvalue weighted by atomic mass is 19.3. The molecule has 1 unspecified atom stereocenters. The Morgan fingerprint density at radius 3 is 2.68 bits per heavy atom. The number of nitrogens with zero attached hydrogens (tertiary/aromatic N) is 3. The molecule has 0 bridgehead atoms. The predicted octanol–water partition coefficient (Wildman–Crippen LogP) is 2.64. The first-order valence-electron chi connectivity index (χ1n) is 8.69. The lowest BCUT2D eigenvalue weighted by Crippen LogP contribution is -2.41. The van der Waals surface area contributed by atoms with E-state index < -0.39 is 6.61 Å². The number of halogens is 2. The van der Waals surface area contributed by atoms with Crippen molar-refractivity contribution in [3.63, 3.8) is 0 Å². The van der Waals surface area contributed by atoms with Gasteiger partial charge in [-0.1, -0.05) is 19.1 Å². The zero-order valence-corrected chi connectivity index (χ0v) is 15.2. The summed E-state index contributed by atoms with van der Waals surface area (Å²) in [7, 11) is 3.73. The predicted molar refractivity (Wildman–Crippen MR) is 96.1 cm³/mol. The van der Waals surface area contributed by atoms with Crippen molar-refractivity contribution in [3.05, 3.63) is 29.8 Å². The monoisotopic (exact) mass is 354 g/mol. The van der Waals surface area contributed by atoms with Crippen LogP contribution in [0.15, 0.2) is 29.3 Å². The van der Waals surface area contributed by atoms with Crippen LogP contribution in [-0.2, 0) is 6.54 Å². The molecule has 1 aromatic rings.